The molecule has 1 rings (SSSR count). The molecular formula is C14H21BrO. The van der Waals surface area contributed by atoms with Gasteiger partial charge in [0.25, 0.3) is 0 Å². The number of ether oxygens (including phenoxy) is 1. The Hall–Kier alpha value is -0.340. The average molecular weight is 285 g/mol. The van der Waals surface area contributed by atoms with Crippen LogP contribution in [0, 0.1) is 0 Å². The molecule has 0 aliphatic heterocycles. The lowest BCUT2D eigenvalue weighted by molar-refractivity contribution is -0.0746. The highest BCUT2D eigenvalue weighted by Crippen LogP contribution is 2.30. The van der Waals surface area contributed by atoms with Crippen molar-refractivity contribution < 1.29 is 4.74 Å². The van der Waals surface area contributed by atoms with E-state index in [9.17, 15) is 0 Å². The summed E-state index contributed by atoms with van der Waals surface area (Å²) in [6.07, 6.45) is 2.46. The minimum Gasteiger partial charge on any atom is -0.367 e. The molecule has 0 bridgehead atoms. The second-order valence-corrected chi connectivity index (χ2v) is 4.85. The van der Waals surface area contributed by atoms with E-state index in [1.807, 2.05) is 6.07 Å². The van der Waals surface area contributed by atoms with Crippen molar-refractivity contribution in [1.29, 1.82) is 0 Å². The van der Waals surface area contributed by atoms with E-state index in [4.69, 9.17) is 4.74 Å². The molecule has 1 atom stereocenters. The molecule has 0 radical (unpaired) electrons. The number of benzene rings is 1. The van der Waals surface area contributed by atoms with Crippen LogP contribution in [0.25, 0.3) is 0 Å². The number of hydrogen-bond acceptors (Lipinski definition) is 1. The van der Waals surface area contributed by atoms with Gasteiger partial charge in [-0.3, -0.25) is 0 Å². The summed E-state index contributed by atoms with van der Waals surface area (Å²) in [5.41, 5.74) is 1.01. The molecule has 0 amide bonds. The van der Waals surface area contributed by atoms with Gasteiger partial charge in [0.15, 0.2) is 0 Å². The Balaban J connectivity index is 2.85. The van der Waals surface area contributed by atoms with Gasteiger partial charge in [-0.15, -0.1) is 0 Å². The van der Waals surface area contributed by atoms with Crippen molar-refractivity contribution in [3.05, 3.63) is 35.9 Å². The lowest BCUT2D eigenvalue weighted by Gasteiger charge is -2.32. The van der Waals surface area contributed by atoms with Crippen LogP contribution in [0.2, 0.25) is 0 Å². The summed E-state index contributed by atoms with van der Waals surface area (Å²) < 4.78 is 6.22. The maximum atomic E-state index is 6.22. The summed E-state index contributed by atoms with van der Waals surface area (Å²) in [6, 6.07) is 10.4. The zero-order chi connectivity index (χ0) is 12.0. The third-order valence-corrected chi connectivity index (χ3v) is 4.05. The monoisotopic (exact) mass is 284 g/mol. The third kappa shape index (κ3) is 3.33. The van der Waals surface area contributed by atoms with Gasteiger partial charge in [0.2, 0.25) is 0 Å². The fourth-order valence-electron chi connectivity index (χ4n) is 1.79. The fourth-order valence-corrected chi connectivity index (χ4v) is 2.25. The highest BCUT2D eigenvalue weighted by Gasteiger charge is 2.28. The lowest BCUT2D eigenvalue weighted by Crippen LogP contribution is -2.32. The van der Waals surface area contributed by atoms with Gasteiger partial charge in [-0.05, 0) is 25.3 Å². The molecule has 90 valence electrons. The van der Waals surface area contributed by atoms with Crippen molar-refractivity contribution in [3.63, 3.8) is 0 Å². The van der Waals surface area contributed by atoms with Crippen LogP contribution in [0.1, 0.15) is 39.2 Å². The maximum absolute atomic E-state index is 6.22. The maximum Gasteiger partial charge on any atom is 0.100 e. The van der Waals surface area contributed by atoms with Gasteiger partial charge in [0.1, 0.15) is 5.60 Å². The fraction of sp³-hybridized carbons (Fsp3) is 0.571. The molecule has 16 heavy (non-hydrogen) atoms. The van der Waals surface area contributed by atoms with Gasteiger partial charge in [-0.1, -0.05) is 60.1 Å². The van der Waals surface area contributed by atoms with Crippen LogP contribution in [-0.4, -0.2) is 11.4 Å². The SMILES string of the molecule is CCC(CC)OC(C)(CBr)c1ccccc1. The summed E-state index contributed by atoms with van der Waals surface area (Å²) in [7, 11) is 0. The average Bonchev–Trinajstić information content (AvgIpc) is 2.36. The van der Waals surface area contributed by atoms with E-state index in [2.05, 4.69) is 61.0 Å². The quantitative estimate of drug-likeness (QED) is 0.699. The Bertz CT molecular complexity index is 295. The zero-order valence-corrected chi connectivity index (χ0v) is 12.0. The molecule has 1 nitrogen and oxygen atoms in total. The first kappa shape index (κ1) is 13.7. The summed E-state index contributed by atoms with van der Waals surface area (Å²) in [6.45, 7) is 6.50. The number of halogens is 1. The highest BCUT2D eigenvalue weighted by atomic mass is 79.9. The zero-order valence-electron chi connectivity index (χ0n) is 10.4. The Kier molecular flexibility index (Phi) is 5.50. The second-order valence-electron chi connectivity index (χ2n) is 4.29. The van der Waals surface area contributed by atoms with E-state index in [-0.39, 0.29) is 5.60 Å². The Morgan fingerprint density at radius 2 is 1.75 bits per heavy atom. The van der Waals surface area contributed by atoms with Crippen LogP contribution in [0.3, 0.4) is 0 Å². The van der Waals surface area contributed by atoms with Crippen molar-refractivity contribution in [2.75, 3.05) is 5.33 Å². The predicted octanol–water partition coefficient (Wildman–Crippen LogP) is 4.50. The summed E-state index contributed by atoms with van der Waals surface area (Å²) in [4.78, 5) is 0. The van der Waals surface area contributed by atoms with Crippen LogP contribution >= 0.6 is 15.9 Å². The molecule has 0 saturated carbocycles. The molecule has 0 spiro atoms. The van der Waals surface area contributed by atoms with Crippen LogP contribution in [0.15, 0.2) is 30.3 Å². The molecule has 0 aliphatic rings. The van der Waals surface area contributed by atoms with Crippen molar-refractivity contribution >= 4 is 15.9 Å². The largest absolute Gasteiger partial charge is 0.367 e. The minimum absolute atomic E-state index is 0.224. The first-order valence-corrected chi connectivity index (χ1v) is 7.07. The summed E-state index contributed by atoms with van der Waals surface area (Å²) in [5.74, 6) is 0. The van der Waals surface area contributed by atoms with E-state index in [0.717, 1.165) is 18.2 Å². The van der Waals surface area contributed by atoms with Gasteiger partial charge in [0.05, 0.1) is 6.10 Å². The molecular weight excluding hydrogens is 264 g/mol. The van der Waals surface area contributed by atoms with Crippen LogP contribution in [0.5, 0.6) is 0 Å². The number of rotatable bonds is 6. The van der Waals surface area contributed by atoms with E-state index in [0.29, 0.717) is 6.10 Å². The molecule has 0 saturated heterocycles. The van der Waals surface area contributed by atoms with Crippen LogP contribution < -0.4 is 0 Å². The molecule has 0 heterocycles. The van der Waals surface area contributed by atoms with Gasteiger partial charge in [-0.25, -0.2) is 0 Å². The summed E-state index contributed by atoms with van der Waals surface area (Å²) >= 11 is 3.57. The van der Waals surface area contributed by atoms with Gasteiger partial charge in [-0.2, -0.15) is 0 Å². The molecule has 0 N–H and O–H groups in total. The molecule has 1 unspecified atom stereocenters. The first-order valence-electron chi connectivity index (χ1n) is 5.95. The van der Waals surface area contributed by atoms with E-state index >= 15 is 0 Å². The van der Waals surface area contributed by atoms with Gasteiger partial charge in [0, 0.05) is 5.33 Å². The molecule has 0 aromatic heterocycles. The minimum atomic E-state index is -0.224. The second kappa shape index (κ2) is 6.41. The predicted molar refractivity (Wildman–Crippen MR) is 73.0 cm³/mol. The Morgan fingerprint density at radius 3 is 2.19 bits per heavy atom. The van der Waals surface area contributed by atoms with Crippen LogP contribution in [0.4, 0.5) is 0 Å². The molecule has 0 aliphatic carbocycles. The van der Waals surface area contributed by atoms with Crippen molar-refractivity contribution in [1.82, 2.24) is 0 Å². The normalized spacial score (nSPS) is 15.1. The topological polar surface area (TPSA) is 9.23 Å². The molecule has 0 fully saturated rings. The number of hydrogen-bond donors (Lipinski definition) is 0. The van der Waals surface area contributed by atoms with E-state index in [1.165, 1.54) is 5.56 Å². The smallest absolute Gasteiger partial charge is 0.100 e. The third-order valence-electron chi connectivity index (χ3n) is 2.98. The van der Waals surface area contributed by atoms with Gasteiger partial charge < -0.3 is 4.74 Å². The van der Waals surface area contributed by atoms with Crippen molar-refractivity contribution in [2.24, 2.45) is 0 Å². The Labute approximate surface area is 107 Å². The molecule has 1 aromatic carbocycles. The lowest BCUT2D eigenvalue weighted by atomic mass is 9.97. The molecule has 1 aromatic rings. The standard InChI is InChI=1S/C14H21BrO/c1-4-13(5-2)16-14(3,11-15)12-9-7-6-8-10-12/h6-10,13H,4-5,11H2,1-3H3. The van der Waals surface area contributed by atoms with Crippen LogP contribution in [-0.2, 0) is 10.3 Å². The Morgan fingerprint density at radius 1 is 1.19 bits per heavy atom. The van der Waals surface area contributed by atoms with E-state index < -0.39 is 0 Å². The summed E-state index contributed by atoms with van der Waals surface area (Å²) in [5, 5.41) is 0.820. The van der Waals surface area contributed by atoms with Gasteiger partial charge >= 0.3 is 0 Å². The first-order chi connectivity index (χ1) is 7.66. The van der Waals surface area contributed by atoms with Crippen molar-refractivity contribution in [3.8, 4) is 0 Å². The molecule has 2 heteroatoms. The number of alkyl halides is 1. The van der Waals surface area contributed by atoms with E-state index in [1.54, 1.807) is 0 Å². The van der Waals surface area contributed by atoms with Crippen molar-refractivity contribution in [2.45, 2.75) is 45.3 Å². The highest BCUT2D eigenvalue weighted by molar-refractivity contribution is 9.09.